The van der Waals surface area contributed by atoms with E-state index in [1.165, 1.54) is 0 Å². The van der Waals surface area contributed by atoms with Crippen LogP contribution in [0.2, 0.25) is 5.02 Å². The molecule has 1 aromatic rings. The molecule has 96 valence electrons. The maximum Gasteiger partial charge on any atom is 0.309 e. The Morgan fingerprint density at radius 2 is 2.00 bits per heavy atom. The van der Waals surface area contributed by atoms with Gasteiger partial charge in [-0.15, -0.1) is 0 Å². The highest BCUT2D eigenvalue weighted by molar-refractivity contribution is 8.09. The molecular weight excluding hydrogens is 281 g/mol. The molecule has 0 saturated heterocycles. The van der Waals surface area contributed by atoms with Crippen LogP contribution in [0.15, 0.2) is 18.2 Å². The van der Waals surface area contributed by atoms with Gasteiger partial charge < -0.3 is 9.79 Å². The summed E-state index contributed by atoms with van der Waals surface area (Å²) in [5.74, 6) is 0. The third-order valence-corrected chi connectivity index (χ3v) is 3.39. The maximum absolute atomic E-state index is 9.60. The van der Waals surface area contributed by atoms with E-state index >= 15 is 0 Å². The summed E-state index contributed by atoms with van der Waals surface area (Å²) in [5.41, 5.74) is 1.33. The summed E-state index contributed by atoms with van der Waals surface area (Å²) in [6.07, 6.45) is -0.242. The van der Waals surface area contributed by atoms with Gasteiger partial charge in [0.2, 0.25) is 0 Å². The summed E-state index contributed by atoms with van der Waals surface area (Å²) in [7, 11) is 0. The van der Waals surface area contributed by atoms with Gasteiger partial charge in [-0.3, -0.25) is 4.84 Å². The van der Waals surface area contributed by atoms with Gasteiger partial charge >= 0.3 is 6.64 Å². The molecule has 0 radical (unpaired) electrons. The van der Waals surface area contributed by atoms with Crippen molar-refractivity contribution >= 4 is 35.7 Å². The van der Waals surface area contributed by atoms with Gasteiger partial charge in [0, 0.05) is 0 Å². The van der Waals surface area contributed by atoms with Crippen LogP contribution in [0.4, 0.5) is 5.69 Å². The number of nitrogens with zero attached hydrogens (tertiary/aromatic N) is 1. The largest absolute Gasteiger partial charge is 0.328 e. The summed E-state index contributed by atoms with van der Waals surface area (Å²) in [6.45, 7) is 1.68. The minimum atomic E-state index is -3.73. The quantitative estimate of drug-likeness (QED) is 0.660. The van der Waals surface area contributed by atoms with E-state index in [-0.39, 0.29) is 6.10 Å². The summed E-state index contributed by atoms with van der Waals surface area (Å²) in [6, 6.07) is 5.15. The van der Waals surface area contributed by atoms with Gasteiger partial charge in [-0.1, -0.05) is 17.7 Å². The van der Waals surface area contributed by atoms with E-state index in [2.05, 4.69) is 11.8 Å². The normalized spacial score (nSPS) is 11.9. The van der Waals surface area contributed by atoms with E-state index in [9.17, 15) is 9.79 Å². The van der Waals surface area contributed by atoms with Crippen molar-refractivity contribution < 1.29 is 14.6 Å². The molecular formula is C10H15ClNO3PS. The topological polar surface area (TPSA) is 52.9 Å². The second-order valence-corrected chi connectivity index (χ2v) is 7.16. The van der Waals surface area contributed by atoms with Gasteiger partial charge in [0.15, 0.2) is 0 Å². The average molecular weight is 296 g/mol. The SMILES string of the molecule is Cc1ccc(N(OC(C)C)P(O)(O)=S)c(Cl)c1. The Balaban J connectivity index is 3.18. The zero-order valence-corrected chi connectivity index (χ0v) is 12.3. The Morgan fingerprint density at radius 1 is 1.41 bits per heavy atom. The third-order valence-electron chi connectivity index (χ3n) is 1.86. The lowest BCUT2D eigenvalue weighted by Crippen LogP contribution is -2.24. The summed E-state index contributed by atoms with van der Waals surface area (Å²) in [4.78, 5) is 25.4. The predicted octanol–water partition coefficient (Wildman–Crippen LogP) is 3.00. The van der Waals surface area contributed by atoms with Gasteiger partial charge in [-0.25, -0.2) is 0 Å². The summed E-state index contributed by atoms with van der Waals surface area (Å²) in [5, 5.41) is 0.364. The molecule has 0 unspecified atom stereocenters. The lowest BCUT2D eigenvalue weighted by Gasteiger charge is -2.29. The molecule has 17 heavy (non-hydrogen) atoms. The lowest BCUT2D eigenvalue weighted by molar-refractivity contribution is 0.0838. The van der Waals surface area contributed by atoms with Crippen LogP contribution < -0.4 is 4.83 Å². The van der Waals surface area contributed by atoms with Gasteiger partial charge in [-0.2, -0.15) is 4.83 Å². The number of hydrogen-bond acceptors (Lipinski definition) is 2. The number of hydrogen-bond donors (Lipinski definition) is 2. The minimum Gasteiger partial charge on any atom is -0.328 e. The highest BCUT2D eigenvalue weighted by Gasteiger charge is 2.25. The van der Waals surface area contributed by atoms with Crippen LogP contribution in [-0.2, 0) is 16.6 Å². The first-order chi connectivity index (χ1) is 7.71. The fourth-order valence-electron chi connectivity index (χ4n) is 1.23. The van der Waals surface area contributed by atoms with Crippen LogP contribution >= 0.6 is 18.2 Å². The first-order valence-corrected chi connectivity index (χ1v) is 8.04. The Bertz CT molecular complexity index is 449. The summed E-state index contributed by atoms with van der Waals surface area (Å²) >= 11 is 10.7. The van der Waals surface area contributed by atoms with Crippen LogP contribution in [0.5, 0.6) is 0 Å². The molecule has 0 atom stereocenters. The Hall–Kier alpha value is -0.160. The molecule has 0 spiro atoms. The van der Waals surface area contributed by atoms with Crippen LogP contribution in [0.1, 0.15) is 19.4 Å². The standard InChI is InChI=1S/C10H15ClNO3PS/c1-7(2)15-12(16(13,14)17)10-5-4-8(3)6-9(10)11/h4-7H,1-3H3,(H2,13,14,17). The number of benzene rings is 1. The van der Waals surface area contributed by atoms with E-state index in [0.717, 1.165) is 10.4 Å². The highest BCUT2D eigenvalue weighted by Crippen LogP contribution is 2.47. The van der Waals surface area contributed by atoms with Crippen LogP contribution in [-0.4, -0.2) is 15.9 Å². The molecule has 1 aromatic carbocycles. The second kappa shape index (κ2) is 5.65. The molecule has 0 fully saturated rings. The monoisotopic (exact) mass is 295 g/mol. The molecule has 0 amide bonds. The summed E-state index contributed by atoms with van der Waals surface area (Å²) < 4.78 is 0. The first kappa shape index (κ1) is 14.9. The van der Waals surface area contributed by atoms with Gasteiger partial charge in [-0.05, 0) is 50.3 Å². The number of halogens is 1. The van der Waals surface area contributed by atoms with E-state index in [0.29, 0.717) is 10.7 Å². The fourth-order valence-corrected chi connectivity index (χ4v) is 2.74. The van der Waals surface area contributed by atoms with Crippen LogP contribution in [0, 0.1) is 6.92 Å². The van der Waals surface area contributed by atoms with E-state index in [1.54, 1.807) is 32.0 Å². The van der Waals surface area contributed by atoms with Crippen LogP contribution in [0.25, 0.3) is 0 Å². The van der Waals surface area contributed by atoms with Gasteiger partial charge in [0.25, 0.3) is 0 Å². The lowest BCUT2D eigenvalue weighted by atomic mass is 10.2. The average Bonchev–Trinajstić information content (AvgIpc) is 2.13. The van der Waals surface area contributed by atoms with E-state index in [1.807, 2.05) is 6.92 Å². The van der Waals surface area contributed by atoms with Crippen molar-refractivity contribution in [3.05, 3.63) is 28.8 Å². The molecule has 0 aromatic heterocycles. The molecule has 7 heteroatoms. The molecule has 4 nitrogen and oxygen atoms in total. The molecule has 0 aliphatic rings. The second-order valence-electron chi connectivity index (χ2n) is 3.90. The number of rotatable bonds is 4. The van der Waals surface area contributed by atoms with E-state index in [4.69, 9.17) is 16.4 Å². The van der Waals surface area contributed by atoms with E-state index < -0.39 is 6.64 Å². The molecule has 0 heterocycles. The Kier molecular flexibility index (Phi) is 4.95. The molecule has 1 rings (SSSR count). The molecule has 2 N–H and O–H groups in total. The van der Waals surface area contributed by atoms with Crippen molar-refractivity contribution in [2.24, 2.45) is 0 Å². The fraction of sp³-hybridized carbons (Fsp3) is 0.400. The van der Waals surface area contributed by atoms with Gasteiger partial charge in [0.1, 0.15) is 0 Å². The van der Waals surface area contributed by atoms with Crippen molar-refractivity contribution in [2.45, 2.75) is 26.9 Å². The Labute approximate surface area is 111 Å². The number of aryl methyl sites for hydroxylation is 1. The predicted molar refractivity (Wildman–Crippen MR) is 73.6 cm³/mol. The molecule has 0 bridgehead atoms. The Morgan fingerprint density at radius 3 is 2.41 bits per heavy atom. The zero-order chi connectivity index (χ0) is 13.2. The molecule has 0 saturated carbocycles. The number of anilines is 1. The molecule has 0 aliphatic carbocycles. The highest BCUT2D eigenvalue weighted by atomic mass is 35.5. The smallest absolute Gasteiger partial charge is 0.309 e. The molecule has 0 aliphatic heterocycles. The maximum atomic E-state index is 9.60. The minimum absolute atomic E-state index is 0.242. The van der Waals surface area contributed by atoms with Crippen LogP contribution in [0.3, 0.4) is 0 Å². The van der Waals surface area contributed by atoms with Crippen molar-refractivity contribution in [3.63, 3.8) is 0 Å². The van der Waals surface area contributed by atoms with Crippen molar-refractivity contribution in [2.75, 3.05) is 4.83 Å². The third kappa shape index (κ3) is 4.21. The first-order valence-electron chi connectivity index (χ1n) is 5.01. The van der Waals surface area contributed by atoms with Crippen molar-refractivity contribution in [1.82, 2.24) is 0 Å². The zero-order valence-electron chi connectivity index (χ0n) is 9.79. The van der Waals surface area contributed by atoms with Crippen molar-refractivity contribution in [1.29, 1.82) is 0 Å². The van der Waals surface area contributed by atoms with Gasteiger partial charge in [0.05, 0.1) is 16.8 Å². The van der Waals surface area contributed by atoms with Crippen molar-refractivity contribution in [3.8, 4) is 0 Å².